The molecule has 1 aliphatic rings. The normalized spacial score (nSPS) is 14.3. The molecule has 0 aromatic heterocycles. The minimum absolute atomic E-state index is 0.163. The Hall–Kier alpha value is -2.33. The molecule has 1 N–H and O–H groups in total. The first-order valence-electron chi connectivity index (χ1n) is 7.73. The molecule has 3 nitrogen and oxygen atoms in total. The third-order valence-electron chi connectivity index (χ3n) is 3.97. The van der Waals surface area contributed by atoms with Crippen LogP contribution in [0.4, 0.5) is 4.39 Å². The van der Waals surface area contributed by atoms with Gasteiger partial charge in [-0.1, -0.05) is 23.7 Å². The SMILES string of the molecule is CC(NC(=O)/C=C/c1c(F)cccc1Cl)c1ccc2c(c1)CCO2. The maximum atomic E-state index is 13.7. The molecule has 0 saturated carbocycles. The van der Waals surface area contributed by atoms with Crippen LogP contribution in [-0.4, -0.2) is 12.5 Å². The average molecular weight is 346 g/mol. The van der Waals surface area contributed by atoms with Crippen LogP contribution in [-0.2, 0) is 11.2 Å². The van der Waals surface area contributed by atoms with Crippen LogP contribution in [0, 0.1) is 5.82 Å². The molecule has 1 aliphatic heterocycles. The fourth-order valence-electron chi connectivity index (χ4n) is 2.65. The van der Waals surface area contributed by atoms with Gasteiger partial charge in [0.1, 0.15) is 11.6 Å². The van der Waals surface area contributed by atoms with E-state index in [0.717, 1.165) is 23.3 Å². The van der Waals surface area contributed by atoms with E-state index in [1.165, 1.54) is 24.3 Å². The number of ether oxygens (including phenoxy) is 1. The van der Waals surface area contributed by atoms with Crippen LogP contribution in [0.25, 0.3) is 6.08 Å². The first-order valence-corrected chi connectivity index (χ1v) is 8.10. The van der Waals surface area contributed by atoms with Crippen molar-refractivity contribution < 1.29 is 13.9 Å². The predicted molar refractivity (Wildman–Crippen MR) is 92.6 cm³/mol. The third-order valence-corrected chi connectivity index (χ3v) is 4.30. The number of amides is 1. The van der Waals surface area contributed by atoms with Gasteiger partial charge in [0.2, 0.25) is 5.91 Å². The molecule has 2 aromatic rings. The molecule has 2 aromatic carbocycles. The highest BCUT2D eigenvalue weighted by Crippen LogP contribution is 2.28. The fourth-order valence-corrected chi connectivity index (χ4v) is 2.88. The van der Waals surface area contributed by atoms with Crippen molar-refractivity contribution in [3.63, 3.8) is 0 Å². The second-order valence-electron chi connectivity index (χ2n) is 5.66. The first kappa shape index (κ1) is 16.5. The molecule has 124 valence electrons. The molecule has 1 heterocycles. The lowest BCUT2D eigenvalue weighted by Gasteiger charge is -2.14. The van der Waals surface area contributed by atoms with Crippen molar-refractivity contribution in [3.05, 3.63) is 70.0 Å². The van der Waals surface area contributed by atoms with E-state index in [2.05, 4.69) is 5.32 Å². The Kier molecular flexibility index (Phi) is 4.86. The molecule has 3 rings (SSSR count). The van der Waals surface area contributed by atoms with E-state index in [9.17, 15) is 9.18 Å². The number of hydrogen-bond acceptors (Lipinski definition) is 2. The van der Waals surface area contributed by atoms with Crippen LogP contribution in [0.1, 0.15) is 29.7 Å². The minimum atomic E-state index is -0.460. The van der Waals surface area contributed by atoms with Crippen LogP contribution >= 0.6 is 11.6 Å². The third kappa shape index (κ3) is 3.60. The number of halogens is 2. The summed E-state index contributed by atoms with van der Waals surface area (Å²) in [5.74, 6) is 0.142. The summed E-state index contributed by atoms with van der Waals surface area (Å²) in [6.45, 7) is 2.60. The zero-order chi connectivity index (χ0) is 17.1. The van der Waals surface area contributed by atoms with E-state index in [1.807, 2.05) is 25.1 Å². The number of carbonyl (C=O) groups excluding carboxylic acids is 1. The van der Waals surface area contributed by atoms with E-state index in [4.69, 9.17) is 16.3 Å². The molecule has 1 amide bonds. The van der Waals surface area contributed by atoms with Gasteiger partial charge in [-0.2, -0.15) is 0 Å². The van der Waals surface area contributed by atoms with Crippen molar-refractivity contribution in [1.82, 2.24) is 5.32 Å². The van der Waals surface area contributed by atoms with Crippen molar-refractivity contribution >= 4 is 23.6 Å². The van der Waals surface area contributed by atoms with Gasteiger partial charge >= 0.3 is 0 Å². The summed E-state index contributed by atoms with van der Waals surface area (Å²) < 4.78 is 19.2. The molecule has 5 heteroatoms. The summed E-state index contributed by atoms with van der Waals surface area (Å²) in [7, 11) is 0. The Labute approximate surface area is 145 Å². The van der Waals surface area contributed by atoms with Crippen molar-refractivity contribution in [3.8, 4) is 5.75 Å². The van der Waals surface area contributed by atoms with Crippen molar-refractivity contribution in [2.75, 3.05) is 6.61 Å². The largest absolute Gasteiger partial charge is 0.493 e. The van der Waals surface area contributed by atoms with Crippen molar-refractivity contribution in [2.45, 2.75) is 19.4 Å². The Morgan fingerprint density at radius 3 is 3.00 bits per heavy atom. The number of fused-ring (bicyclic) bond motifs is 1. The molecule has 1 unspecified atom stereocenters. The molecule has 0 spiro atoms. The van der Waals surface area contributed by atoms with E-state index in [-0.39, 0.29) is 22.5 Å². The summed E-state index contributed by atoms with van der Waals surface area (Å²) in [6.07, 6.45) is 3.56. The standard InChI is InChI=1S/C19H17ClFNO2/c1-12(13-5-7-18-14(11-13)9-10-24-18)22-19(23)8-6-15-16(20)3-2-4-17(15)21/h2-8,11-12H,9-10H2,1H3,(H,22,23)/b8-6+. The summed E-state index contributed by atoms with van der Waals surface area (Å²) in [5.41, 5.74) is 2.36. The first-order chi connectivity index (χ1) is 11.5. The minimum Gasteiger partial charge on any atom is -0.493 e. The topological polar surface area (TPSA) is 38.3 Å². The van der Waals surface area contributed by atoms with Gasteiger partial charge in [-0.25, -0.2) is 4.39 Å². The van der Waals surface area contributed by atoms with Gasteiger partial charge in [0.25, 0.3) is 0 Å². The highest BCUT2D eigenvalue weighted by atomic mass is 35.5. The van der Waals surface area contributed by atoms with Crippen LogP contribution in [0.15, 0.2) is 42.5 Å². The molecule has 0 radical (unpaired) electrons. The van der Waals surface area contributed by atoms with Crippen LogP contribution in [0.5, 0.6) is 5.75 Å². The molecule has 1 atom stereocenters. The molecule has 0 aliphatic carbocycles. The molecule has 0 fully saturated rings. The summed E-state index contributed by atoms with van der Waals surface area (Å²) in [6, 6.07) is 10.2. The quantitative estimate of drug-likeness (QED) is 0.839. The lowest BCUT2D eigenvalue weighted by molar-refractivity contribution is -0.117. The number of nitrogens with one attached hydrogen (secondary N) is 1. The summed E-state index contributed by atoms with van der Waals surface area (Å²) >= 11 is 5.93. The van der Waals surface area contributed by atoms with Gasteiger partial charge in [0.15, 0.2) is 0 Å². The van der Waals surface area contributed by atoms with Gasteiger partial charge < -0.3 is 10.1 Å². The maximum absolute atomic E-state index is 13.7. The second-order valence-corrected chi connectivity index (χ2v) is 6.07. The highest BCUT2D eigenvalue weighted by molar-refractivity contribution is 6.32. The van der Waals surface area contributed by atoms with E-state index in [1.54, 1.807) is 6.07 Å². The number of benzene rings is 2. The van der Waals surface area contributed by atoms with Gasteiger partial charge in [-0.3, -0.25) is 4.79 Å². The summed E-state index contributed by atoms with van der Waals surface area (Å²) in [5, 5.41) is 3.13. The van der Waals surface area contributed by atoms with Gasteiger partial charge in [0.05, 0.1) is 17.7 Å². The smallest absolute Gasteiger partial charge is 0.244 e. The molecular formula is C19H17ClFNO2. The van der Waals surface area contributed by atoms with Crippen molar-refractivity contribution in [1.29, 1.82) is 0 Å². The Bertz CT molecular complexity index is 784. The molecule has 24 heavy (non-hydrogen) atoms. The van der Waals surface area contributed by atoms with Crippen molar-refractivity contribution in [2.24, 2.45) is 0 Å². The second kappa shape index (κ2) is 7.05. The molecule has 0 bridgehead atoms. The van der Waals surface area contributed by atoms with Gasteiger partial charge in [-0.15, -0.1) is 0 Å². The van der Waals surface area contributed by atoms with E-state index in [0.29, 0.717) is 6.61 Å². The monoisotopic (exact) mass is 345 g/mol. The zero-order valence-corrected chi connectivity index (χ0v) is 13.9. The lowest BCUT2D eigenvalue weighted by atomic mass is 10.0. The van der Waals surface area contributed by atoms with E-state index < -0.39 is 5.82 Å². The van der Waals surface area contributed by atoms with Gasteiger partial charge in [0, 0.05) is 18.1 Å². The number of hydrogen-bond donors (Lipinski definition) is 1. The maximum Gasteiger partial charge on any atom is 0.244 e. The molecule has 0 saturated heterocycles. The lowest BCUT2D eigenvalue weighted by Crippen LogP contribution is -2.24. The van der Waals surface area contributed by atoms with Crippen LogP contribution in [0.3, 0.4) is 0 Å². The fraction of sp³-hybridized carbons (Fsp3) is 0.211. The van der Waals surface area contributed by atoms with Crippen LogP contribution in [0.2, 0.25) is 5.02 Å². The Morgan fingerprint density at radius 1 is 1.38 bits per heavy atom. The van der Waals surface area contributed by atoms with E-state index >= 15 is 0 Å². The number of rotatable bonds is 4. The summed E-state index contributed by atoms with van der Waals surface area (Å²) in [4.78, 5) is 12.1. The predicted octanol–water partition coefficient (Wildman–Crippen LogP) is 4.30. The Morgan fingerprint density at radius 2 is 2.21 bits per heavy atom. The number of carbonyl (C=O) groups is 1. The zero-order valence-electron chi connectivity index (χ0n) is 13.2. The van der Waals surface area contributed by atoms with Gasteiger partial charge in [-0.05, 0) is 48.4 Å². The Balaban J connectivity index is 1.67. The van der Waals surface area contributed by atoms with Crippen LogP contribution < -0.4 is 10.1 Å². The highest BCUT2D eigenvalue weighted by Gasteiger charge is 2.15. The molecular weight excluding hydrogens is 329 g/mol. The average Bonchev–Trinajstić information content (AvgIpc) is 3.01.